The molecule has 1 N–H and O–H groups in total. The van der Waals surface area contributed by atoms with Gasteiger partial charge in [-0.2, -0.15) is 0 Å². The van der Waals surface area contributed by atoms with Gasteiger partial charge in [0.1, 0.15) is 17.3 Å². The van der Waals surface area contributed by atoms with Gasteiger partial charge in [0.25, 0.3) is 5.91 Å². The zero-order chi connectivity index (χ0) is 26.1. The van der Waals surface area contributed by atoms with Crippen LogP contribution in [0.1, 0.15) is 84.7 Å². The molecule has 0 atom stereocenters. The fourth-order valence-electron chi connectivity index (χ4n) is 5.22. The number of rotatable bonds is 8. The lowest BCUT2D eigenvalue weighted by Gasteiger charge is -2.42. The van der Waals surface area contributed by atoms with E-state index < -0.39 is 0 Å². The summed E-state index contributed by atoms with van der Waals surface area (Å²) in [5, 5.41) is 2.96. The van der Waals surface area contributed by atoms with Gasteiger partial charge in [-0.1, -0.05) is 39.8 Å². The van der Waals surface area contributed by atoms with Gasteiger partial charge in [-0.15, -0.1) is 0 Å². The number of hydrogen-bond acceptors (Lipinski definition) is 4. The van der Waals surface area contributed by atoms with E-state index in [0.717, 1.165) is 22.8 Å². The van der Waals surface area contributed by atoms with Gasteiger partial charge in [0.2, 0.25) is 0 Å². The number of aryl methyl sites for hydroxylation is 1. The Kier molecular flexibility index (Phi) is 7.21. The van der Waals surface area contributed by atoms with Gasteiger partial charge in [0.05, 0.1) is 14.2 Å². The summed E-state index contributed by atoms with van der Waals surface area (Å²) in [6, 6.07) is 14.1. The van der Waals surface area contributed by atoms with Gasteiger partial charge in [0, 0.05) is 13.0 Å². The van der Waals surface area contributed by atoms with Crippen molar-refractivity contribution in [2.24, 2.45) is 0 Å². The summed E-state index contributed by atoms with van der Waals surface area (Å²) in [5.41, 5.74) is 6.77. The molecule has 1 aliphatic rings. The molecule has 0 saturated carbocycles. The molecule has 192 valence electrons. The summed E-state index contributed by atoms with van der Waals surface area (Å²) in [7, 11) is 3.27. The highest BCUT2D eigenvalue weighted by molar-refractivity contribution is 5.91. The van der Waals surface area contributed by atoms with Crippen molar-refractivity contribution in [3.8, 4) is 11.5 Å². The van der Waals surface area contributed by atoms with E-state index in [9.17, 15) is 4.79 Å². The third kappa shape index (κ3) is 5.30. The maximum atomic E-state index is 12.7. The second-order valence-corrected chi connectivity index (χ2v) is 11.2. The number of amides is 1. The number of methoxy groups -OCH3 is 2. The van der Waals surface area contributed by atoms with Crippen LogP contribution in [0.15, 0.2) is 46.9 Å². The molecular weight excluding hydrogens is 450 g/mol. The zero-order valence-corrected chi connectivity index (χ0v) is 22.7. The van der Waals surface area contributed by atoms with E-state index >= 15 is 0 Å². The zero-order valence-electron chi connectivity index (χ0n) is 22.7. The van der Waals surface area contributed by atoms with E-state index in [4.69, 9.17) is 13.9 Å². The monoisotopic (exact) mass is 489 g/mol. The van der Waals surface area contributed by atoms with Gasteiger partial charge < -0.3 is 19.2 Å². The van der Waals surface area contributed by atoms with Crippen LogP contribution in [0.2, 0.25) is 0 Å². The average Bonchev–Trinajstić information content (AvgIpc) is 3.31. The molecule has 5 nitrogen and oxygen atoms in total. The summed E-state index contributed by atoms with van der Waals surface area (Å²) >= 11 is 0. The molecule has 0 saturated heterocycles. The Morgan fingerprint density at radius 2 is 1.61 bits per heavy atom. The maximum Gasteiger partial charge on any atom is 0.287 e. The molecule has 1 amide bonds. The van der Waals surface area contributed by atoms with Crippen LogP contribution in [-0.4, -0.2) is 26.7 Å². The SMILES string of the molecule is COc1ccc(OC)c(CCNC(=O)c2ccc(Cc3cc4c(cc3C)C(C)(C)CCC4(C)C)o2)c1. The van der Waals surface area contributed by atoms with Gasteiger partial charge in [-0.05, 0) is 95.2 Å². The number of carbonyl (C=O) groups excluding carboxylic acids is 1. The smallest absolute Gasteiger partial charge is 0.287 e. The van der Waals surface area contributed by atoms with Crippen LogP contribution in [0.25, 0.3) is 0 Å². The molecule has 36 heavy (non-hydrogen) atoms. The highest BCUT2D eigenvalue weighted by Crippen LogP contribution is 2.46. The number of benzene rings is 2. The summed E-state index contributed by atoms with van der Waals surface area (Å²) in [6.07, 6.45) is 3.68. The van der Waals surface area contributed by atoms with E-state index in [1.165, 1.54) is 35.1 Å². The van der Waals surface area contributed by atoms with E-state index in [-0.39, 0.29) is 16.7 Å². The van der Waals surface area contributed by atoms with Gasteiger partial charge in [-0.3, -0.25) is 4.79 Å². The second kappa shape index (κ2) is 10.0. The molecule has 0 bridgehead atoms. The van der Waals surface area contributed by atoms with E-state index in [0.29, 0.717) is 25.1 Å². The summed E-state index contributed by atoms with van der Waals surface area (Å²) < 4.78 is 16.7. The predicted molar refractivity (Wildman–Crippen MR) is 144 cm³/mol. The van der Waals surface area contributed by atoms with Crippen molar-refractivity contribution in [1.29, 1.82) is 0 Å². The normalized spacial score (nSPS) is 15.8. The molecule has 1 aromatic heterocycles. The predicted octanol–water partition coefficient (Wildman–Crippen LogP) is 6.52. The average molecular weight is 490 g/mol. The number of carbonyl (C=O) groups is 1. The summed E-state index contributed by atoms with van der Waals surface area (Å²) in [5.74, 6) is 2.45. The van der Waals surface area contributed by atoms with Crippen LogP contribution < -0.4 is 14.8 Å². The first-order chi connectivity index (χ1) is 17.0. The first-order valence-electron chi connectivity index (χ1n) is 12.8. The Hall–Kier alpha value is -3.21. The Morgan fingerprint density at radius 1 is 0.917 bits per heavy atom. The molecular formula is C31H39NO4. The number of hydrogen-bond donors (Lipinski definition) is 1. The highest BCUT2D eigenvalue weighted by atomic mass is 16.5. The molecule has 2 aromatic carbocycles. The summed E-state index contributed by atoms with van der Waals surface area (Å²) in [6.45, 7) is 12.0. The molecule has 0 aliphatic heterocycles. The molecule has 5 heteroatoms. The van der Waals surface area contributed by atoms with Crippen molar-refractivity contribution in [3.05, 3.63) is 81.8 Å². The van der Waals surface area contributed by atoms with Crippen molar-refractivity contribution in [3.63, 3.8) is 0 Å². The van der Waals surface area contributed by atoms with Crippen LogP contribution in [-0.2, 0) is 23.7 Å². The van der Waals surface area contributed by atoms with Gasteiger partial charge >= 0.3 is 0 Å². The molecule has 0 unspecified atom stereocenters. The Labute approximate surface area is 215 Å². The molecule has 0 radical (unpaired) electrons. The fraction of sp³-hybridized carbons (Fsp3) is 0.452. The highest BCUT2D eigenvalue weighted by Gasteiger charge is 2.37. The van der Waals surface area contributed by atoms with Crippen LogP contribution in [0.5, 0.6) is 11.5 Å². The fourth-order valence-corrected chi connectivity index (χ4v) is 5.22. The molecule has 0 spiro atoms. The van der Waals surface area contributed by atoms with Crippen molar-refractivity contribution in [2.45, 2.75) is 71.1 Å². The first-order valence-corrected chi connectivity index (χ1v) is 12.8. The maximum absolute atomic E-state index is 12.7. The standard InChI is InChI=1S/C31H39NO4/c1-20-16-25-26(31(4,5)14-13-30(25,2)3)19-22(20)18-24-9-11-28(36-24)29(33)32-15-12-21-17-23(34-6)8-10-27(21)35-7/h8-11,16-17,19H,12-15,18H2,1-7H3,(H,32,33). The van der Waals surface area contributed by atoms with Gasteiger partial charge in [0.15, 0.2) is 5.76 Å². The molecule has 0 fully saturated rings. The minimum atomic E-state index is -0.215. The van der Waals surface area contributed by atoms with Crippen molar-refractivity contribution in [2.75, 3.05) is 20.8 Å². The molecule has 3 aromatic rings. The van der Waals surface area contributed by atoms with E-state index in [1.807, 2.05) is 24.3 Å². The van der Waals surface area contributed by atoms with Crippen LogP contribution in [0.3, 0.4) is 0 Å². The third-order valence-corrected chi connectivity index (χ3v) is 7.73. The van der Waals surface area contributed by atoms with Crippen LogP contribution in [0.4, 0.5) is 0 Å². The minimum Gasteiger partial charge on any atom is -0.497 e. The molecule has 1 aliphatic carbocycles. The second-order valence-electron chi connectivity index (χ2n) is 11.2. The van der Waals surface area contributed by atoms with E-state index in [1.54, 1.807) is 20.3 Å². The number of furan rings is 1. The Bertz CT molecular complexity index is 1250. The quantitative estimate of drug-likeness (QED) is 0.391. The lowest BCUT2D eigenvalue weighted by molar-refractivity contribution is 0.0924. The summed E-state index contributed by atoms with van der Waals surface area (Å²) in [4.78, 5) is 12.7. The lowest BCUT2D eigenvalue weighted by Crippen LogP contribution is -2.34. The third-order valence-electron chi connectivity index (χ3n) is 7.73. The van der Waals surface area contributed by atoms with E-state index in [2.05, 4.69) is 52.1 Å². The number of fused-ring (bicyclic) bond motifs is 1. The molecule has 1 heterocycles. The number of ether oxygens (including phenoxy) is 2. The van der Waals surface area contributed by atoms with Crippen LogP contribution in [0, 0.1) is 6.92 Å². The number of nitrogens with one attached hydrogen (secondary N) is 1. The van der Waals surface area contributed by atoms with Crippen molar-refractivity contribution in [1.82, 2.24) is 5.32 Å². The largest absolute Gasteiger partial charge is 0.497 e. The minimum absolute atomic E-state index is 0.160. The van der Waals surface area contributed by atoms with Crippen molar-refractivity contribution >= 4 is 5.91 Å². The Morgan fingerprint density at radius 3 is 2.28 bits per heavy atom. The first kappa shape index (κ1) is 25.9. The van der Waals surface area contributed by atoms with Crippen molar-refractivity contribution < 1.29 is 18.7 Å². The Balaban J connectivity index is 1.43. The lowest BCUT2D eigenvalue weighted by atomic mass is 9.62. The topological polar surface area (TPSA) is 60.7 Å². The van der Waals surface area contributed by atoms with Gasteiger partial charge in [-0.25, -0.2) is 0 Å². The molecule has 4 rings (SSSR count). The van der Waals surface area contributed by atoms with Crippen LogP contribution >= 0.6 is 0 Å².